The van der Waals surface area contributed by atoms with E-state index in [4.69, 9.17) is 4.99 Å². The molecule has 2 aromatic heterocycles. The van der Waals surface area contributed by atoms with Crippen LogP contribution in [0.2, 0.25) is 0 Å². The Morgan fingerprint density at radius 1 is 1.38 bits per heavy atom. The number of nitrogens with zero attached hydrogens (tertiary/aromatic N) is 4. The molecule has 0 radical (unpaired) electrons. The lowest BCUT2D eigenvalue weighted by Gasteiger charge is -2.24. The molecular weight excluding hydrogens is 479 g/mol. The van der Waals surface area contributed by atoms with E-state index in [1.165, 1.54) is 23.5 Å². The zero-order chi connectivity index (χ0) is 17.7. The summed E-state index contributed by atoms with van der Waals surface area (Å²) >= 11 is 3.81. The average Bonchev–Trinajstić information content (AvgIpc) is 3.33. The molecule has 2 aromatic rings. The van der Waals surface area contributed by atoms with Crippen LogP contribution < -0.4 is 10.6 Å². The zero-order valence-corrected chi connectivity index (χ0v) is 19.5. The number of thioether (sulfide) groups is 1. The van der Waals surface area contributed by atoms with Crippen LogP contribution in [-0.2, 0) is 20.1 Å². The Morgan fingerprint density at radius 2 is 2.23 bits per heavy atom. The fraction of sp³-hybridized carbons (Fsp3) is 0.588. The first kappa shape index (κ1) is 21.5. The van der Waals surface area contributed by atoms with Crippen molar-refractivity contribution in [2.24, 2.45) is 12.0 Å². The van der Waals surface area contributed by atoms with Gasteiger partial charge in [0.2, 0.25) is 0 Å². The highest BCUT2D eigenvalue weighted by molar-refractivity contribution is 14.0. The van der Waals surface area contributed by atoms with E-state index in [1.54, 1.807) is 11.3 Å². The summed E-state index contributed by atoms with van der Waals surface area (Å²) < 4.78 is 2.28. The summed E-state index contributed by atoms with van der Waals surface area (Å²) in [7, 11) is 1.97. The maximum Gasteiger partial charge on any atom is 0.192 e. The van der Waals surface area contributed by atoms with Gasteiger partial charge < -0.3 is 15.2 Å². The average molecular weight is 506 g/mol. The van der Waals surface area contributed by atoms with Gasteiger partial charge in [0.15, 0.2) is 11.8 Å². The maximum atomic E-state index is 4.73. The monoisotopic (exact) mass is 506 g/mol. The third-order valence-corrected chi connectivity index (χ3v) is 6.92. The summed E-state index contributed by atoms with van der Waals surface area (Å²) in [5.74, 6) is 3.87. The Hall–Kier alpha value is -0.810. The zero-order valence-electron chi connectivity index (χ0n) is 15.5. The first-order valence-corrected chi connectivity index (χ1v) is 10.5. The fourth-order valence-electron chi connectivity index (χ4n) is 2.74. The molecule has 0 spiro atoms. The highest BCUT2D eigenvalue weighted by Crippen LogP contribution is 2.36. The van der Waals surface area contributed by atoms with Gasteiger partial charge in [0.25, 0.3) is 0 Å². The lowest BCUT2D eigenvalue weighted by molar-refractivity contribution is 0.583. The molecule has 1 aliphatic heterocycles. The number of halogens is 1. The second-order valence-corrected chi connectivity index (χ2v) is 9.29. The predicted octanol–water partition coefficient (Wildman–Crippen LogP) is 3.32. The first-order valence-electron chi connectivity index (χ1n) is 8.59. The van der Waals surface area contributed by atoms with Crippen LogP contribution >= 0.6 is 47.1 Å². The minimum atomic E-state index is 0. The molecule has 3 rings (SSSR count). The molecule has 1 fully saturated rings. The second kappa shape index (κ2) is 9.93. The molecular formula is C17H27IN6S2. The predicted molar refractivity (Wildman–Crippen MR) is 122 cm³/mol. The van der Waals surface area contributed by atoms with Gasteiger partial charge in [0.1, 0.15) is 12.4 Å². The molecule has 0 amide bonds. The molecule has 0 bridgehead atoms. The van der Waals surface area contributed by atoms with E-state index in [1.807, 2.05) is 18.5 Å². The molecule has 1 saturated heterocycles. The maximum absolute atomic E-state index is 4.73. The van der Waals surface area contributed by atoms with Crippen molar-refractivity contribution in [2.45, 2.75) is 44.5 Å². The summed E-state index contributed by atoms with van der Waals surface area (Å²) in [6, 6.07) is 4.21. The van der Waals surface area contributed by atoms with Crippen molar-refractivity contribution in [3.63, 3.8) is 0 Å². The van der Waals surface area contributed by atoms with Crippen molar-refractivity contribution in [1.82, 2.24) is 25.4 Å². The number of aryl methyl sites for hydroxylation is 1. The smallest absolute Gasteiger partial charge is 0.192 e. The number of aliphatic imine (C=N–C) groups is 1. The van der Waals surface area contributed by atoms with E-state index in [2.05, 4.69) is 57.0 Å². The van der Waals surface area contributed by atoms with E-state index in [0.29, 0.717) is 11.3 Å². The van der Waals surface area contributed by atoms with Crippen molar-refractivity contribution >= 4 is 53.0 Å². The molecule has 26 heavy (non-hydrogen) atoms. The number of hydrogen-bond acceptors (Lipinski definition) is 5. The van der Waals surface area contributed by atoms with Gasteiger partial charge in [-0.3, -0.25) is 0 Å². The van der Waals surface area contributed by atoms with E-state index in [0.717, 1.165) is 30.7 Å². The van der Waals surface area contributed by atoms with Crippen LogP contribution in [0.3, 0.4) is 0 Å². The quantitative estimate of drug-likeness (QED) is 0.358. The fourth-order valence-corrected chi connectivity index (χ4v) is 4.63. The molecule has 6 nitrogen and oxygen atoms in total. The molecule has 3 heterocycles. The summed E-state index contributed by atoms with van der Waals surface area (Å²) in [5.41, 5.74) is 0. The SMILES string of the molecule is Cc1nnc(CN=C(NCc2cccs2)NCC2(C)CCCS2)n1C.I. The molecule has 144 valence electrons. The first-order chi connectivity index (χ1) is 12.1. The molecule has 0 aromatic carbocycles. The van der Waals surface area contributed by atoms with Crippen molar-refractivity contribution in [2.75, 3.05) is 12.3 Å². The van der Waals surface area contributed by atoms with Crippen LogP contribution in [0.4, 0.5) is 0 Å². The highest BCUT2D eigenvalue weighted by Gasteiger charge is 2.29. The van der Waals surface area contributed by atoms with Gasteiger partial charge in [-0.15, -0.1) is 45.5 Å². The number of hydrogen-bond donors (Lipinski definition) is 2. The van der Waals surface area contributed by atoms with E-state index >= 15 is 0 Å². The van der Waals surface area contributed by atoms with Gasteiger partial charge >= 0.3 is 0 Å². The second-order valence-electron chi connectivity index (χ2n) is 6.58. The topological polar surface area (TPSA) is 67.1 Å². The molecule has 1 unspecified atom stereocenters. The summed E-state index contributed by atoms with van der Waals surface area (Å²) in [6.45, 7) is 6.51. The van der Waals surface area contributed by atoms with Crippen LogP contribution in [0, 0.1) is 6.92 Å². The molecule has 0 aliphatic carbocycles. The minimum Gasteiger partial charge on any atom is -0.355 e. The van der Waals surface area contributed by atoms with E-state index in [-0.39, 0.29) is 24.0 Å². The normalized spacial score (nSPS) is 20.0. The van der Waals surface area contributed by atoms with Crippen molar-refractivity contribution < 1.29 is 0 Å². The molecule has 0 saturated carbocycles. The Labute approximate surface area is 180 Å². The Bertz CT molecular complexity index is 707. The molecule has 2 N–H and O–H groups in total. The van der Waals surface area contributed by atoms with Gasteiger partial charge in [0.05, 0.1) is 6.54 Å². The van der Waals surface area contributed by atoms with Gasteiger partial charge in [-0.1, -0.05) is 6.07 Å². The summed E-state index contributed by atoms with van der Waals surface area (Å²) in [4.78, 5) is 6.02. The Morgan fingerprint density at radius 3 is 2.85 bits per heavy atom. The van der Waals surface area contributed by atoms with Crippen molar-refractivity contribution in [1.29, 1.82) is 0 Å². The number of rotatable bonds is 6. The lowest BCUT2D eigenvalue weighted by Crippen LogP contribution is -2.43. The third kappa shape index (κ3) is 5.85. The van der Waals surface area contributed by atoms with Crippen LogP contribution in [-0.4, -0.2) is 37.8 Å². The third-order valence-electron chi connectivity index (χ3n) is 4.50. The van der Waals surface area contributed by atoms with Crippen LogP contribution in [0.15, 0.2) is 22.5 Å². The summed E-state index contributed by atoms with van der Waals surface area (Å²) in [6.07, 6.45) is 2.56. The summed E-state index contributed by atoms with van der Waals surface area (Å²) in [5, 5.41) is 17.4. The Kier molecular flexibility index (Phi) is 8.21. The van der Waals surface area contributed by atoms with Gasteiger partial charge in [-0.2, -0.15) is 11.8 Å². The molecule has 1 aliphatic rings. The standard InChI is InChI=1S/C17H26N6S2.HI/c1-13-21-22-15(23(13)3)11-19-16(18-10-14-6-4-8-24-14)20-12-17(2)7-5-9-25-17;/h4,6,8H,5,7,9-12H2,1-3H3,(H2,18,19,20);1H. The largest absolute Gasteiger partial charge is 0.355 e. The van der Waals surface area contributed by atoms with Crippen LogP contribution in [0.25, 0.3) is 0 Å². The highest BCUT2D eigenvalue weighted by atomic mass is 127. The van der Waals surface area contributed by atoms with Crippen LogP contribution in [0.5, 0.6) is 0 Å². The Balaban J connectivity index is 0.00000243. The number of aromatic nitrogens is 3. The van der Waals surface area contributed by atoms with Crippen molar-refractivity contribution in [3.05, 3.63) is 34.0 Å². The van der Waals surface area contributed by atoms with Gasteiger partial charge in [-0.25, -0.2) is 4.99 Å². The van der Waals surface area contributed by atoms with E-state index in [9.17, 15) is 0 Å². The number of thiophene rings is 1. The van der Waals surface area contributed by atoms with E-state index < -0.39 is 0 Å². The van der Waals surface area contributed by atoms with Gasteiger partial charge in [-0.05, 0) is 43.9 Å². The molecule has 1 atom stereocenters. The van der Waals surface area contributed by atoms with Crippen molar-refractivity contribution in [3.8, 4) is 0 Å². The minimum absolute atomic E-state index is 0. The van der Waals surface area contributed by atoms with Crippen LogP contribution in [0.1, 0.15) is 36.3 Å². The van der Waals surface area contributed by atoms with Gasteiger partial charge in [0, 0.05) is 23.2 Å². The lowest BCUT2D eigenvalue weighted by atomic mass is 10.1. The molecule has 9 heteroatoms. The number of guanidine groups is 1. The number of nitrogens with one attached hydrogen (secondary N) is 2.